The average Bonchev–Trinajstić information content (AvgIpc) is 3.09. The van der Waals surface area contributed by atoms with Gasteiger partial charge in [-0.15, -0.1) is 0 Å². The van der Waals surface area contributed by atoms with Crippen LogP contribution in [0.3, 0.4) is 0 Å². The fourth-order valence-electron chi connectivity index (χ4n) is 4.72. The van der Waals surface area contributed by atoms with Crippen molar-refractivity contribution < 1.29 is 33.3 Å². The molecule has 1 aliphatic rings. The smallest absolute Gasteiger partial charge is 0.306 e. The number of hydrogen-bond donors (Lipinski definition) is 2. The molecule has 1 unspecified atom stereocenters. The summed E-state index contributed by atoms with van der Waals surface area (Å²) in [4.78, 5) is 24.2. The highest BCUT2D eigenvalue weighted by molar-refractivity contribution is 5.84. The van der Waals surface area contributed by atoms with Crippen LogP contribution < -0.4 is 0 Å². The Morgan fingerprint density at radius 2 is 1.82 bits per heavy atom. The molecule has 4 atom stereocenters. The van der Waals surface area contributed by atoms with Crippen molar-refractivity contribution in [2.24, 2.45) is 11.8 Å². The van der Waals surface area contributed by atoms with Gasteiger partial charge in [0, 0.05) is 25.2 Å². The Balaban J connectivity index is 1.65. The predicted octanol–water partition coefficient (Wildman–Crippen LogP) is 5.60. The maximum Gasteiger partial charge on any atom is 0.306 e. The minimum Gasteiger partial charge on any atom is -0.461 e. The lowest BCUT2D eigenvalue weighted by molar-refractivity contribution is -0.145. The summed E-state index contributed by atoms with van der Waals surface area (Å²) < 4.78 is 33.4. The van der Waals surface area contributed by atoms with Crippen molar-refractivity contribution in [3.05, 3.63) is 35.9 Å². The maximum atomic E-state index is 14.0. The Morgan fingerprint density at radius 1 is 1.12 bits per heavy atom. The number of benzene rings is 1. The lowest BCUT2D eigenvalue weighted by Crippen LogP contribution is -2.34. The second-order valence-corrected chi connectivity index (χ2v) is 9.57. The highest BCUT2D eigenvalue weighted by atomic mass is 19.3. The Kier molecular flexibility index (Phi) is 12.1. The number of ketones is 1. The summed E-state index contributed by atoms with van der Waals surface area (Å²) in [5.41, 5.74) is 0.950. The summed E-state index contributed by atoms with van der Waals surface area (Å²) in [6, 6.07) is 9.50. The molecule has 1 fully saturated rings. The van der Waals surface area contributed by atoms with Gasteiger partial charge in [0.15, 0.2) is 0 Å². The molecule has 0 bridgehead atoms. The number of esters is 1. The molecular formula is C27H40F2O5. The third-order valence-corrected chi connectivity index (χ3v) is 6.85. The van der Waals surface area contributed by atoms with E-state index in [0.29, 0.717) is 32.1 Å². The number of Topliss-reactive ketones (excluding diaryl/α,β-unsaturated/α-hetero) is 1. The molecule has 34 heavy (non-hydrogen) atoms. The van der Waals surface area contributed by atoms with Gasteiger partial charge < -0.3 is 14.9 Å². The van der Waals surface area contributed by atoms with E-state index >= 15 is 0 Å². The minimum atomic E-state index is -3.14. The normalized spacial score (nSPS) is 21.6. The molecule has 0 spiro atoms. The highest BCUT2D eigenvalue weighted by Gasteiger charge is 2.43. The van der Waals surface area contributed by atoms with Crippen LogP contribution in [-0.2, 0) is 20.9 Å². The summed E-state index contributed by atoms with van der Waals surface area (Å²) in [5, 5.41) is 20.2. The minimum absolute atomic E-state index is 0.0192. The predicted molar refractivity (Wildman–Crippen MR) is 126 cm³/mol. The van der Waals surface area contributed by atoms with Gasteiger partial charge in [0.25, 0.3) is 5.92 Å². The largest absolute Gasteiger partial charge is 0.461 e. The molecule has 0 aliphatic heterocycles. The summed E-state index contributed by atoms with van der Waals surface area (Å²) in [6.45, 7) is 2.09. The van der Waals surface area contributed by atoms with Crippen LogP contribution >= 0.6 is 0 Å². The SMILES string of the molecule is CCCCC(F)(F)C(O)CC[C@H]1[C@H](O)CC(=O)[C@@H]1CCCCCCC(=O)OCc1ccccc1. The van der Waals surface area contributed by atoms with Crippen molar-refractivity contribution in [3.8, 4) is 0 Å². The number of ether oxygens (including phenoxy) is 1. The van der Waals surface area contributed by atoms with Crippen molar-refractivity contribution in [3.63, 3.8) is 0 Å². The van der Waals surface area contributed by atoms with Crippen molar-refractivity contribution in [1.29, 1.82) is 0 Å². The Bertz CT molecular complexity index is 740. The van der Waals surface area contributed by atoms with Crippen LogP contribution in [0.4, 0.5) is 8.78 Å². The first-order valence-corrected chi connectivity index (χ1v) is 12.7. The molecule has 192 valence electrons. The fourth-order valence-corrected chi connectivity index (χ4v) is 4.72. The lowest BCUT2D eigenvalue weighted by Gasteiger charge is -2.26. The summed E-state index contributed by atoms with van der Waals surface area (Å²) in [5.74, 6) is -4.11. The Morgan fingerprint density at radius 3 is 2.53 bits per heavy atom. The van der Waals surface area contributed by atoms with Crippen molar-refractivity contribution >= 4 is 11.8 Å². The standard InChI is InChI=1S/C27H40F2O5/c1-2-3-17-27(28,29)25(32)16-15-22-21(23(30)18-24(22)31)13-9-4-5-10-14-26(33)34-19-20-11-7-6-8-12-20/h6-8,11-12,21-22,24-25,31-32H,2-5,9-10,13-19H2,1H3/t21-,22-,24-,25?/m1/s1. The molecule has 0 aromatic heterocycles. The number of unbranched alkanes of at least 4 members (excludes halogenated alkanes) is 4. The summed E-state index contributed by atoms with van der Waals surface area (Å²) in [6.07, 6.45) is 2.32. The van der Waals surface area contributed by atoms with Gasteiger partial charge in [-0.1, -0.05) is 62.9 Å². The van der Waals surface area contributed by atoms with Gasteiger partial charge in [0.1, 0.15) is 18.5 Å². The molecule has 2 N–H and O–H groups in total. The van der Waals surface area contributed by atoms with E-state index in [2.05, 4.69) is 0 Å². The van der Waals surface area contributed by atoms with Gasteiger partial charge in [-0.05, 0) is 43.6 Å². The van der Waals surface area contributed by atoms with E-state index in [0.717, 1.165) is 24.8 Å². The van der Waals surface area contributed by atoms with Crippen LogP contribution in [0, 0.1) is 11.8 Å². The van der Waals surface area contributed by atoms with E-state index in [1.807, 2.05) is 37.3 Å². The molecule has 0 saturated heterocycles. The average molecular weight is 483 g/mol. The first-order chi connectivity index (χ1) is 16.2. The van der Waals surface area contributed by atoms with Crippen LogP contribution in [0.2, 0.25) is 0 Å². The lowest BCUT2D eigenvalue weighted by atomic mass is 9.84. The van der Waals surface area contributed by atoms with E-state index in [1.54, 1.807) is 0 Å². The number of rotatable bonds is 16. The Labute approximate surface area is 201 Å². The monoisotopic (exact) mass is 482 g/mol. The van der Waals surface area contributed by atoms with Crippen molar-refractivity contribution in [1.82, 2.24) is 0 Å². The van der Waals surface area contributed by atoms with Crippen LogP contribution in [0.15, 0.2) is 30.3 Å². The topological polar surface area (TPSA) is 83.8 Å². The number of aliphatic hydroxyl groups excluding tert-OH is 2. The molecular weight excluding hydrogens is 442 g/mol. The second kappa shape index (κ2) is 14.5. The van der Waals surface area contributed by atoms with E-state index in [-0.39, 0.29) is 55.9 Å². The molecule has 7 heteroatoms. The molecule has 1 aromatic rings. The van der Waals surface area contributed by atoms with E-state index in [4.69, 9.17) is 4.74 Å². The second-order valence-electron chi connectivity index (χ2n) is 9.57. The molecule has 2 rings (SSSR count). The zero-order chi connectivity index (χ0) is 25.0. The quantitative estimate of drug-likeness (QED) is 0.237. The number of carbonyl (C=O) groups excluding carboxylic acids is 2. The third kappa shape index (κ3) is 9.41. The van der Waals surface area contributed by atoms with Gasteiger partial charge >= 0.3 is 5.97 Å². The van der Waals surface area contributed by atoms with Gasteiger partial charge in [-0.2, -0.15) is 0 Å². The zero-order valence-electron chi connectivity index (χ0n) is 20.3. The number of halogens is 2. The molecule has 1 saturated carbocycles. The maximum absolute atomic E-state index is 14.0. The molecule has 5 nitrogen and oxygen atoms in total. The Hall–Kier alpha value is -1.86. The number of alkyl halides is 2. The number of aliphatic hydroxyl groups is 2. The fraction of sp³-hybridized carbons (Fsp3) is 0.704. The first-order valence-electron chi connectivity index (χ1n) is 12.7. The number of hydrogen-bond acceptors (Lipinski definition) is 5. The van der Waals surface area contributed by atoms with Crippen LogP contribution in [0.1, 0.15) is 89.5 Å². The third-order valence-electron chi connectivity index (χ3n) is 6.85. The summed E-state index contributed by atoms with van der Waals surface area (Å²) in [7, 11) is 0. The van der Waals surface area contributed by atoms with Gasteiger partial charge in [-0.3, -0.25) is 9.59 Å². The van der Waals surface area contributed by atoms with E-state index in [9.17, 15) is 28.6 Å². The van der Waals surface area contributed by atoms with Gasteiger partial charge in [0.05, 0.1) is 6.10 Å². The van der Waals surface area contributed by atoms with Gasteiger partial charge in [-0.25, -0.2) is 8.78 Å². The van der Waals surface area contributed by atoms with E-state index in [1.165, 1.54) is 0 Å². The van der Waals surface area contributed by atoms with Crippen LogP contribution in [-0.4, -0.2) is 40.1 Å². The molecule has 1 aromatic carbocycles. The zero-order valence-corrected chi connectivity index (χ0v) is 20.3. The number of carbonyl (C=O) groups is 2. The molecule has 0 radical (unpaired) electrons. The van der Waals surface area contributed by atoms with Crippen LogP contribution in [0.5, 0.6) is 0 Å². The van der Waals surface area contributed by atoms with Crippen molar-refractivity contribution in [2.75, 3.05) is 0 Å². The highest BCUT2D eigenvalue weighted by Crippen LogP contribution is 2.38. The van der Waals surface area contributed by atoms with E-state index < -0.39 is 18.1 Å². The molecule has 0 amide bonds. The van der Waals surface area contributed by atoms with Crippen molar-refractivity contribution in [2.45, 2.75) is 109 Å². The summed E-state index contributed by atoms with van der Waals surface area (Å²) >= 11 is 0. The van der Waals surface area contributed by atoms with Crippen LogP contribution in [0.25, 0.3) is 0 Å². The molecule has 0 heterocycles. The molecule has 1 aliphatic carbocycles. The van der Waals surface area contributed by atoms with Gasteiger partial charge in [0.2, 0.25) is 0 Å². The first kappa shape index (κ1) is 28.4.